The maximum Gasteiger partial charge on any atom is 0.223 e. The number of H-pyrrole nitrogens is 1. The van der Waals surface area contributed by atoms with E-state index in [0.29, 0.717) is 32.2 Å². The zero-order valence-corrected chi connectivity index (χ0v) is 10.5. The molecule has 0 saturated heterocycles. The van der Waals surface area contributed by atoms with Crippen LogP contribution in [-0.2, 0) is 11.3 Å². The molecule has 0 bridgehead atoms. The van der Waals surface area contributed by atoms with Gasteiger partial charge < -0.3 is 21.1 Å². The first-order valence-corrected chi connectivity index (χ1v) is 6.45. The third-order valence-corrected chi connectivity index (χ3v) is 3.80. The molecule has 1 fully saturated rings. The summed E-state index contributed by atoms with van der Waals surface area (Å²) < 4.78 is 0. The highest BCUT2D eigenvalue weighted by molar-refractivity contribution is 5.78. The predicted molar refractivity (Wildman–Crippen MR) is 68.6 cm³/mol. The molecule has 0 aromatic carbocycles. The fraction of sp³-hybridized carbons (Fsp3) is 0.615. The normalized spacial score (nSPS) is 28.0. The van der Waals surface area contributed by atoms with Crippen molar-refractivity contribution in [1.82, 2.24) is 10.3 Å². The molecule has 1 amide bonds. The van der Waals surface area contributed by atoms with Crippen LogP contribution in [0.2, 0.25) is 0 Å². The van der Waals surface area contributed by atoms with Gasteiger partial charge in [-0.2, -0.15) is 0 Å². The number of aromatic nitrogens is 1. The molecule has 5 nitrogen and oxygen atoms in total. The maximum atomic E-state index is 12.0. The third kappa shape index (κ3) is 3.11. The minimum absolute atomic E-state index is 0.00997. The summed E-state index contributed by atoms with van der Waals surface area (Å²) in [4.78, 5) is 14.9. The minimum atomic E-state index is -0.753. The molecule has 0 radical (unpaired) electrons. The van der Waals surface area contributed by atoms with Crippen molar-refractivity contribution >= 4 is 5.91 Å². The molecule has 18 heavy (non-hydrogen) atoms. The van der Waals surface area contributed by atoms with Crippen LogP contribution in [0.1, 0.15) is 31.2 Å². The van der Waals surface area contributed by atoms with E-state index in [-0.39, 0.29) is 18.4 Å². The SMILES string of the molecule is NCC1(O)CCC(C(=O)NCc2cc[nH]c2)CC1. The van der Waals surface area contributed by atoms with Crippen molar-refractivity contribution in [3.63, 3.8) is 0 Å². The lowest BCUT2D eigenvalue weighted by atomic mass is 9.78. The fourth-order valence-corrected chi connectivity index (χ4v) is 2.42. The number of carbonyl (C=O) groups is 1. The number of rotatable bonds is 4. The van der Waals surface area contributed by atoms with E-state index < -0.39 is 5.60 Å². The molecule has 100 valence electrons. The Morgan fingerprint density at radius 2 is 2.28 bits per heavy atom. The first kappa shape index (κ1) is 13.1. The molecule has 0 spiro atoms. The van der Waals surface area contributed by atoms with E-state index >= 15 is 0 Å². The molecule has 1 heterocycles. The van der Waals surface area contributed by atoms with Crippen LogP contribution in [-0.4, -0.2) is 28.1 Å². The molecule has 0 aliphatic heterocycles. The van der Waals surface area contributed by atoms with Gasteiger partial charge in [-0.25, -0.2) is 0 Å². The number of nitrogens with one attached hydrogen (secondary N) is 2. The summed E-state index contributed by atoms with van der Waals surface area (Å²) in [6.45, 7) is 0.838. The zero-order valence-electron chi connectivity index (χ0n) is 10.5. The molecule has 5 heteroatoms. The van der Waals surface area contributed by atoms with E-state index in [1.54, 1.807) is 0 Å². The number of aromatic amines is 1. The average Bonchev–Trinajstić information content (AvgIpc) is 2.90. The van der Waals surface area contributed by atoms with Crippen LogP contribution < -0.4 is 11.1 Å². The van der Waals surface area contributed by atoms with E-state index in [2.05, 4.69) is 10.3 Å². The Labute approximate surface area is 107 Å². The number of nitrogens with two attached hydrogens (primary N) is 1. The Balaban J connectivity index is 1.77. The summed E-state index contributed by atoms with van der Waals surface area (Å²) in [7, 11) is 0. The summed E-state index contributed by atoms with van der Waals surface area (Å²) in [6, 6.07) is 1.94. The van der Waals surface area contributed by atoms with Crippen LogP contribution in [0.25, 0.3) is 0 Å². The van der Waals surface area contributed by atoms with Crippen molar-refractivity contribution in [2.75, 3.05) is 6.54 Å². The second kappa shape index (κ2) is 5.54. The Hall–Kier alpha value is -1.33. The van der Waals surface area contributed by atoms with Crippen molar-refractivity contribution in [2.45, 2.75) is 37.8 Å². The van der Waals surface area contributed by atoms with Crippen molar-refractivity contribution < 1.29 is 9.90 Å². The van der Waals surface area contributed by atoms with Crippen LogP contribution in [0.3, 0.4) is 0 Å². The topological polar surface area (TPSA) is 91.1 Å². The Morgan fingerprint density at radius 1 is 1.56 bits per heavy atom. The van der Waals surface area contributed by atoms with E-state index in [4.69, 9.17) is 5.73 Å². The number of hydrogen-bond donors (Lipinski definition) is 4. The van der Waals surface area contributed by atoms with Crippen molar-refractivity contribution in [2.24, 2.45) is 11.7 Å². The van der Waals surface area contributed by atoms with Crippen LogP contribution in [0.4, 0.5) is 0 Å². The molecule has 2 rings (SSSR count). The lowest BCUT2D eigenvalue weighted by Gasteiger charge is -2.34. The zero-order chi connectivity index (χ0) is 13.0. The van der Waals surface area contributed by atoms with E-state index in [1.165, 1.54) is 0 Å². The largest absolute Gasteiger partial charge is 0.389 e. The van der Waals surface area contributed by atoms with Gasteiger partial charge in [-0.05, 0) is 37.3 Å². The summed E-state index contributed by atoms with van der Waals surface area (Å²) in [6.07, 6.45) is 6.37. The standard InChI is InChI=1S/C13H21N3O2/c14-9-13(18)4-1-11(2-5-13)12(17)16-8-10-3-6-15-7-10/h3,6-7,11,15,18H,1-2,4-5,8-9,14H2,(H,16,17). The highest BCUT2D eigenvalue weighted by Crippen LogP contribution is 2.31. The molecule has 1 aromatic rings. The molecule has 0 atom stereocenters. The van der Waals surface area contributed by atoms with Crippen LogP contribution in [0.15, 0.2) is 18.5 Å². The molecular formula is C13H21N3O2. The quantitative estimate of drug-likeness (QED) is 0.628. The number of amides is 1. The molecule has 0 unspecified atom stereocenters. The number of carbonyl (C=O) groups excluding carboxylic acids is 1. The average molecular weight is 251 g/mol. The Morgan fingerprint density at radius 3 is 2.83 bits per heavy atom. The highest BCUT2D eigenvalue weighted by Gasteiger charge is 2.34. The predicted octanol–water partition coefficient (Wildman–Crippen LogP) is 0.511. The summed E-state index contributed by atoms with van der Waals surface area (Å²) >= 11 is 0. The van der Waals surface area contributed by atoms with E-state index in [0.717, 1.165) is 5.56 Å². The monoisotopic (exact) mass is 251 g/mol. The molecular weight excluding hydrogens is 230 g/mol. The molecule has 5 N–H and O–H groups in total. The third-order valence-electron chi connectivity index (χ3n) is 3.80. The molecule has 1 aliphatic carbocycles. The van der Waals surface area contributed by atoms with Gasteiger partial charge >= 0.3 is 0 Å². The lowest BCUT2D eigenvalue weighted by molar-refractivity contribution is -0.127. The van der Waals surface area contributed by atoms with Crippen LogP contribution >= 0.6 is 0 Å². The van der Waals surface area contributed by atoms with Crippen molar-refractivity contribution in [1.29, 1.82) is 0 Å². The first-order chi connectivity index (χ1) is 8.63. The van der Waals surface area contributed by atoms with Crippen molar-refractivity contribution in [3.05, 3.63) is 24.0 Å². The smallest absolute Gasteiger partial charge is 0.223 e. The van der Waals surface area contributed by atoms with Gasteiger partial charge in [0.15, 0.2) is 0 Å². The minimum Gasteiger partial charge on any atom is -0.389 e. The van der Waals surface area contributed by atoms with E-state index in [1.807, 2.05) is 18.5 Å². The molecule has 1 aliphatic rings. The van der Waals surface area contributed by atoms with E-state index in [9.17, 15) is 9.90 Å². The first-order valence-electron chi connectivity index (χ1n) is 6.45. The van der Waals surface area contributed by atoms with Gasteiger partial charge in [-0.1, -0.05) is 0 Å². The second-order valence-corrected chi connectivity index (χ2v) is 5.14. The molecule has 1 aromatic heterocycles. The van der Waals surface area contributed by atoms with Crippen LogP contribution in [0, 0.1) is 5.92 Å². The number of hydrogen-bond acceptors (Lipinski definition) is 3. The summed E-state index contributed by atoms with van der Waals surface area (Å²) in [5, 5.41) is 12.9. The fourth-order valence-electron chi connectivity index (χ4n) is 2.42. The summed E-state index contributed by atoms with van der Waals surface area (Å²) in [5.41, 5.74) is 5.84. The van der Waals surface area contributed by atoms with Crippen LogP contribution in [0.5, 0.6) is 0 Å². The Kier molecular flexibility index (Phi) is 4.04. The van der Waals surface area contributed by atoms with Gasteiger partial charge in [-0.15, -0.1) is 0 Å². The van der Waals surface area contributed by atoms with Gasteiger partial charge in [0.1, 0.15) is 0 Å². The van der Waals surface area contributed by atoms with Gasteiger partial charge in [-0.3, -0.25) is 4.79 Å². The number of aliphatic hydroxyl groups is 1. The Bertz CT molecular complexity index is 381. The van der Waals surface area contributed by atoms with Gasteiger partial charge in [0.25, 0.3) is 0 Å². The van der Waals surface area contributed by atoms with Gasteiger partial charge in [0.05, 0.1) is 5.60 Å². The van der Waals surface area contributed by atoms with Gasteiger partial charge in [0, 0.05) is 31.4 Å². The molecule has 1 saturated carbocycles. The summed E-state index contributed by atoms with van der Waals surface area (Å²) in [5.74, 6) is 0.0889. The lowest BCUT2D eigenvalue weighted by Crippen LogP contribution is -2.44. The maximum absolute atomic E-state index is 12.0. The highest BCUT2D eigenvalue weighted by atomic mass is 16.3. The second-order valence-electron chi connectivity index (χ2n) is 5.14. The van der Waals surface area contributed by atoms with Gasteiger partial charge in [0.2, 0.25) is 5.91 Å². The van der Waals surface area contributed by atoms with Crippen molar-refractivity contribution in [3.8, 4) is 0 Å².